The van der Waals surface area contributed by atoms with Crippen molar-refractivity contribution in [1.29, 1.82) is 0 Å². The standard InChI is InChI=1S/C16H22N2O6/c1-4-6-11(3)17-15(19)10-24-16(20)12-7-8-14(23-5-2)13(9-12)18(21)22/h7-9,11H,4-6,10H2,1-3H3,(H,17,19)/t11-/m1/s1. The first-order chi connectivity index (χ1) is 11.4. The van der Waals surface area contributed by atoms with Crippen molar-refractivity contribution in [3.05, 3.63) is 33.9 Å². The maximum Gasteiger partial charge on any atom is 0.338 e. The first-order valence-corrected chi connectivity index (χ1v) is 7.76. The molecule has 0 aliphatic carbocycles. The van der Waals surface area contributed by atoms with Crippen LogP contribution in [0.2, 0.25) is 0 Å². The van der Waals surface area contributed by atoms with Gasteiger partial charge in [0.1, 0.15) is 0 Å². The number of hydrogen-bond donors (Lipinski definition) is 1. The molecule has 0 spiro atoms. The molecule has 0 unspecified atom stereocenters. The predicted octanol–water partition coefficient (Wildman–Crippen LogP) is 2.46. The van der Waals surface area contributed by atoms with Crippen molar-refractivity contribution in [3.8, 4) is 5.75 Å². The zero-order valence-corrected chi connectivity index (χ0v) is 14.0. The van der Waals surface area contributed by atoms with E-state index < -0.39 is 23.4 Å². The molecule has 1 aromatic carbocycles. The van der Waals surface area contributed by atoms with Gasteiger partial charge in [-0.05, 0) is 32.4 Å². The molecule has 24 heavy (non-hydrogen) atoms. The Hall–Kier alpha value is -2.64. The van der Waals surface area contributed by atoms with Gasteiger partial charge in [-0.3, -0.25) is 14.9 Å². The number of carbonyl (C=O) groups is 2. The Kier molecular flexibility index (Phi) is 7.67. The number of nitro benzene ring substituents is 1. The Labute approximate surface area is 140 Å². The molecule has 1 aromatic rings. The lowest BCUT2D eigenvalue weighted by Gasteiger charge is -2.12. The summed E-state index contributed by atoms with van der Waals surface area (Å²) in [6, 6.07) is 3.76. The molecule has 0 radical (unpaired) electrons. The molecule has 132 valence electrons. The highest BCUT2D eigenvalue weighted by Gasteiger charge is 2.20. The van der Waals surface area contributed by atoms with Crippen LogP contribution in [0.5, 0.6) is 5.75 Å². The van der Waals surface area contributed by atoms with E-state index in [1.54, 1.807) is 6.92 Å². The molecule has 1 N–H and O–H groups in total. The van der Waals surface area contributed by atoms with E-state index in [0.29, 0.717) is 0 Å². The van der Waals surface area contributed by atoms with Gasteiger partial charge in [0.05, 0.1) is 17.1 Å². The largest absolute Gasteiger partial charge is 0.487 e. The Morgan fingerprint density at radius 1 is 1.33 bits per heavy atom. The number of hydrogen-bond acceptors (Lipinski definition) is 6. The van der Waals surface area contributed by atoms with Gasteiger partial charge < -0.3 is 14.8 Å². The van der Waals surface area contributed by atoms with Gasteiger partial charge in [-0.25, -0.2) is 4.79 Å². The summed E-state index contributed by atoms with van der Waals surface area (Å²) in [5.74, 6) is -1.14. The minimum Gasteiger partial charge on any atom is -0.487 e. The van der Waals surface area contributed by atoms with Crippen LogP contribution in [0.25, 0.3) is 0 Å². The van der Waals surface area contributed by atoms with Crippen molar-refractivity contribution in [3.63, 3.8) is 0 Å². The fraction of sp³-hybridized carbons (Fsp3) is 0.500. The molecule has 1 amide bonds. The Morgan fingerprint density at radius 2 is 2.04 bits per heavy atom. The fourth-order valence-corrected chi connectivity index (χ4v) is 2.10. The van der Waals surface area contributed by atoms with E-state index in [2.05, 4.69) is 5.32 Å². The summed E-state index contributed by atoms with van der Waals surface area (Å²) in [4.78, 5) is 34.0. The van der Waals surface area contributed by atoms with Crippen LogP contribution in [0.3, 0.4) is 0 Å². The van der Waals surface area contributed by atoms with Crippen molar-refractivity contribution >= 4 is 17.6 Å². The van der Waals surface area contributed by atoms with E-state index in [9.17, 15) is 19.7 Å². The Morgan fingerprint density at radius 3 is 2.62 bits per heavy atom. The number of nitro groups is 1. The van der Waals surface area contributed by atoms with Gasteiger partial charge in [-0.1, -0.05) is 13.3 Å². The molecule has 1 atom stereocenters. The quantitative estimate of drug-likeness (QED) is 0.421. The normalized spacial score (nSPS) is 11.5. The van der Waals surface area contributed by atoms with Crippen molar-refractivity contribution in [2.45, 2.75) is 39.7 Å². The minimum atomic E-state index is -0.806. The highest BCUT2D eigenvalue weighted by Crippen LogP contribution is 2.28. The van der Waals surface area contributed by atoms with Crippen LogP contribution in [-0.4, -0.2) is 36.1 Å². The molecule has 0 saturated carbocycles. The van der Waals surface area contributed by atoms with Crippen molar-refractivity contribution in [1.82, 2.24) is 5.32 Å². The van der Waals surface area contributed by atoms with Crippen LogP contribution in [0.15, 0.2) is 18.2 Å². The van der Waals surface area contributed by atoms with Gasteiger partial charge in [-0.15, -0.1) is 0 Å². The van der Waals surface area contributed by atoms with Gasteiger partial charge in [0.15, 0.2) is 12.4 Å². The van der Waals surface area contributed by atoms with Crippen LogP contribution in [0.4, 0.5) is 5.69 Å². The molecule has 8 heteroatoms. The maximum absolute atomic E-state index is 11.9. The third kappa shape index (κ3) is 5.86. The topological polar surface area (TPSA) is 108 Å². The van der Waals surface area contributed by atoms with Gasteiger partial charge in [0, 0.05) is 12.1 Å². The average Bonchev–Trinajstić information content (AvgIpc) is 2.53. The number of rotatable bonds is 9. The smallest absolute Gasteiger partial charge is 0.338 e. The molecule has 0 aromatic heterocycles. The van der Waals surface area contributed by atoms with E-state index in [0.717, 1.165) is 18.9 Å². The zero-order chi connectivity index (χ0) is 18.1. The molecule has 0 aliphatic heterocycles. The second kappa shape index (κ2) is 9.49. The number of esters is 1. The summed E-state index contributed by atoms with van der Waals surface area (Å²) < 4.78 is 10.0. The molecular weight excluding hydrogens is 316 g/mol. The molecule has 8 nitrogen and oxygen atoms in total. The van der Waals surface area contributed by atoms with Gasteiger partial charge >= 0.3 is 11.7 Å². The summed E-state index contributed by atoms with van der Waals surface area (Å²) in [6.45, 7) is 5.39. The number of benzene rings is 1. The minimum absolute atomic E-state index is 0.00670. The Bertz CT molecular complexity index is 602. The SMILES string of the molecule is CCC[C@@H](C)NC(=O)COC(=O)c1ccc(OCC)c([N+](=O)[O-])c1. The van der Waals surface area contributed by atoms with E-state index in [1.807, 2.05) is 13.8 Å². The molecule has 1 rings (SSSR count). The van der Waals surface area contributed by atoms with Gasteiger partial charge in [0.2, 0.25) is 0 Å². The summed E-state index contributed by atoms with van der Waals surface area (Å²) in [6.07, 6.45) is 1.75. The maximum atomic E-state index is 11.9. The zero-order valence-electron chi connectivity index (χ0n) is 14.0. The first-order valence-electron chi connectivity index (χ1n) is 7.76. The predicted molar refractivity (Wildman–Crippen MR) is 87.1 cm³/mol. The van der Waals surface area contributed by atoms with Gasteiger partial charge in [-0.2, -0.15) is 0 Å². The monoisotopic (exact) mass is 338 g/mol. The average molecular weight is 338 g/mol. The lowest BCUT2D eigenvalue weighted by Crippen LogP contribution is -2.35. The summed E-state index contributed by atoms with van der Waals surface area (Å²) in [7, 11) is 0. The van der Waals surface area contributed by atoms with Crippen molar-refractivity contribution in [2.75, 3.05) is 13.2 Å². The molecule has 0 aliphatic rings. The second-order valence-corrected chi connectivity index (χ2v) is 5.21. The third-order valence-corrected chi connectivity index (χ3v) is 3.15. The van der Waals surface area contributed by atoms with Crippen LogP contribution in [-0.2, 0) is 9.53 Å². The molecule has 0 saturated heterocycles. The number of nitrogens with zero attached hydrogens (tertiary/aromatic N) is 1. The summed E-state index contributed by atoms with van der Waals surface area (Å²) >= 11 is 0. The van der Waals surface area contributed by atoms with E-state index >= 15 is 0 Å². The van der Waals surface area contributed by atoms with Crippen LogP contribution in [0, 0.1) is 10.1 Å². The van der Waals surface area contributed by atoms with E-state index in [1.165, 1.54) is 12.1 Å². The number of amides is 1. The highest BCUT2D eigenvalue weighted by atomic mass is 16.6. The fourth-order valence-electron chi connectivity index (χ4n) is 2.10. The molecule has 0 fully saturated rings. The third-order valence-electron chi connectivity index (χ3n) is 3.15. The van der Waals surface area contributed by atoms with E-state index in [-0.39, 0.29) is 29.6 Å². The van der Waals surface area contributed by atoms with Crippen molar-refractivity contribution < 1.29 is 24.0 Å². The highest BCUT2D eigenvalue weighted by molar-refractivity contribution is 5.92. The summed E-state index contributed by atoms with van der Waals surface area (Å²) in [5, 5.41) is 13.7. The van der Waals surface area contributed by atoms with Crippen LogP contribution in [0.1, 0.15) is 44.0 Å². The second-order valence-electron chi connectivity index (χ2n) is 5.21. The summed E-state index contributed by atoms with van der Waals surface area (Å²) in [5.41, 5.74) is -0.341. The lowest BCUT2D eigenvalue weighted by atomic mass is 10.2. The van der Waals surface area contributed by atoms with Gasteiger partial charge in [0.25, 0.3) is 5.91 Å². The molecule has 0 bridgehead atoms. The van der Waals surface area contributed by atoms with Crippen LogP contribution < -0.4 is 10.1 Å². The van der Waals surface area contributed by atoms with Crippen LogP contribution >= 0.6 is 0 Å². The van der Waals surface area contributed by atoms with E-state index in [4.69, 9.17) is 9.47 Å². The van der Waals surface area contributed by atoms with Crippen molar-refractivity contribution in [2.24, 2.45) is 0 Å². The lowest BCUT2D eigenvalue weighted by molar-refractivity contribution is -0.385. The first kappa shape index (κ1) is 19.4. The molecule has 0 heterocycles. The number of nitrogens with one attached hydrogen (secondary N) is 1. The number of carbonyl (C=O) groups excluding carboxylic acids is 2. The molecular formula is C16H22N2O6. The Balaban J connectivity index is 2.69. The number of ether oxygens (including phenoxy) is 2.